The zero-order valence-electron chi connectivity index (χ0n) is 10.7. The number of halogens is 2. The summed E-state index contributed by atoms with van der Waals surface area (Å²) in [5.74, 6) is -2.97. The number of benzene rings is 2. The number of hydrogen-bond donors (Lipinski definition) is 1. The zero-order valence-corrected chi connectivity index (χ0v) is 10.7. The first kappa shape index (κ1) is 14.0. The van der Waals surface area contributed by atoms with Gasteiger partial charge >= 0.3 is 5.97 Å². The lowest BCUT2D eigenvalue weighted by molar-refractivity contribution is 0.0691. The maximum atomic E-state index is 13.5. The van der Waals surface area contributed by atoms with Crippen molar-refractivity contribution >= 4 is 5.97 Å². The number of carboxylic acids is 1. The molecule has 1 N–H and O–H groups in total. The Balaban J connectivity index is 2.23. The molecule has 0 fully saturated rings. The molecule has 0 aliphatic carbocycles. The molecule has 3 nitrogen and oxygen atoms in total. The quantitative estimate of drug-likeness (QED) is 0.930. The second-order valence-corrected chi connectivity index (χ2v) is 4.31. The minimum absolute atomic E-state index is 0.0122. The van der Waals surface area contributed by atoms with Gasteiger partial charge in [-0.15, -0.1) is 0 Å². The average molecular weight is 278 g/mol. The molecule has 0 unspecified atom stereocenters. The Bertz CT molecular complexity index is 654. The first-order chi connectivity index (χ1) is 9.49. The molecule has 20 heavy (non-hydrogen) atoms. The van der Waals surface area contributed by atoms with E-state index in [1.165, 1.54) is 24.3 Å². The third kappa shape index (κ3) is 2.93. The third-order valence-electron chi connectivity index (χ3n) is 2.78. The molecule has 104 valence electrons. The average Bonchev–Trinajstić information content (AvgIpc) is 2.41. The van der Waals surface area contributed by atoms with Crippen LogP contribution in [0.25, 0.3) is 0 Å². The Hall–Kier alpha value is -2.43. The summed E-state index contributed by atoms with van der Waals surface area (Å²) < 4.78 is 31.8. The highest BCUT2D eigenvalue weighted by Gasteiger charge is 2.13. The number of rotatable bonds is 4. The van der Waals surface area contributed by atoms with Crippen LogP contribution in [0.15, 0.2) is 36.4 Å². The van der Waals surface area contributed by atoms with Crippen LogP contribution >= 0.6 is 0 Å². The summed E-state index contributed by atoms with van der Waals surface area (Å²) in [6.45, 7) is 1.51. The summed E-state index contributed by atoms with van der Waals surface area (Å²) in [4.78, 5) is 11.1. The van der Waals surface area contributed by atoms with Gasteiger partial charge in [-0.05, 0) is 25.1 Å². The molecule has 0 saturated carbocycles. The van der Waals surface area contributed by atoms with Crippen LogP contribution in [0, 0.1) is 18.6 Å². The zero-order chi connectivity index (χ0) is 14.7. The molecule has 0 heterocycles. The van der Waals surface area contributed by atoms with Crippen LogP contribution in [0.2, 0.25) is 0 Å². The van der Waals surface area contributed by atoms with Gasteiger partial charge in [0.1, 0.15) is 17.9 Å². The Labute approximate surface area is 114 Å². The summed E-state index contributed by atoms with van der Waals surface area (Å²) in [7, 11) is 0. The van der Waals surface area contributed by atoms with Gasteiger partial charge < -0.3 is 9.84 Å². The van der Waals surface area contributed by atoms with Crippen molar-refractivity contribution in [2.45, 2.75) is 13.5 Å². The van der Waals surface area contributed by atoms with Crippen molar-refractivity contribution in [2.24, 2.45) is 0 Å². The molecule has 0 amide bonds. The second-order valence-electron chi connectivity index (χ2n) is 4.31. The standard InChI is InChI=1S/C15H12F2O3/c1-9-5-6-13(11(7-9)15(18)19)20-8-10-3-2-4-12(16)14(10)17/h2-7H,8H2,1H3,(H,18,19). The molecule has 0 aliphatic heterocycles. The van der Waals surface area contributed by atoms with Crippen LogP contribution in [-0.4, -0.2) is 11.1 Å². The van der Waals surface area contributed by atoms with E-state index < -0.39 is 17.6 Å². The van der Waals surface area contributed by atoms with Crippen LogP contribution in [-0.2, 0) is 6.61 Å². The molecule has 2 rings (SSSR count). The lowest BCUT2D eigenvalue weighted by Gasteiger charge is -2.10. The minimum atomic E-state index is -1.14. The number of hydrogen-bond acceptors (Lipinski definition) is 2. The lowest BCUT2D eigenvalue weighted by atomic mass is 10.1. The topological polar surface area (TPSA) is 46.5 Å². The molecule has 2 aromatic rings. The molecule has 0 saturated heterocycles. The van der Waals surface area contributed by atoms with Gasteiger partial charge in [-0.2, -0.15) is 0 Å². The van der Waals surface area contributed by atoms with Crippen molar-refractivity contribution in [3.63, 3.8) is 0 Å². The molecule has 0 bridgehead atoms. The first-order valence-electron chi connectivity index (χ1n) is 5.88. The number of carboxylic acid groups (broad SMARTS) is 1. The number of ether oxygens (including phenoxy) is 1. The normalized spacial score (nSPS) is 10.3. The van der Waals surface area contributed by atoms with E-state index in [1.54, 1.807) is 13.0 Å². The van der Waals surface area contributed by atoms with E-state index >= 15 is 0 Å². The predicted molar refractivity (Wildman–Crippen MR) is 68.8 cm³/mol. The van der Waals surface area contributed by atoms with Gasteiger partial charge in [-0.1, -0.05) is 23.8 Å². The molecule has 2 aromatic carbocycles. The first-order valence-corrected chi connectivity index (χ1v) is 5.88. The molecule has 0 aliphatic rings. The highest BCUT2D eigenvalue weighted by Crippen LogP contribution is 2.22. The van der Waals surface area contributed by atoms with E-state index in [0.29, 0.717) is 0 Å². The number of carbonyl (C=O) groups is 1. The van der Waals surface area contributed by atoms with Gasteiger partial charge in [0.2, 0.25) is 0 Å². The molecule has 0 atom stereocenters. The second kappa shape index (κ2) is 5.69. The van der Waals surface area contributed by atoms with Crippen LogP contribution in [0.3, 0.4) is 0 Å². The van der Waals surface area contributed by atoms with Gasteiger partial charge in [0.05, 0.1) is 0 Å². The van der Waals surface area contributed by atoms with Crippen molar-refractivity contribution in [1.29, 1.82) is 0 Å². The molecule has 0 radical (unpaired) electrons. The molecular formula is C15H12F2O3. The Morgan fingerprint density at radius 1 is 1.25 bits per heavy atom. The largest absolute Gasteiger partial charge is 0.488 e. The fraction of sp³-hybridized carbons (Fsp3) is 0.133. The van der Waals surface area contributed by atoms with E-state index in [1.807, 2.05) is 0 Å². The molecule has 0 aromatic heterocycles. The number of aryl methyl sites for hydroxylation is 1. The Morgan fingerprint density at radius 3 is 2.70 bits per heavy atom. The van der Waals surface area contributed by atoms with Crippen LogP contribution in [0.1, 0.15) is 21.5 Å². The van der Waals surface area contributed by atoms with Crippen molar-refractivity contribution in [3.8, 4) is 5.75 Å². The lowest BCUT2D eigenvalue weighted by Crippen LogP contribution is -2.05. The van der Waals surface area contributed by atoms with Gasteiger partial charge in [-0.3, -0.25) is 0 Å². The Kier molecular flexibility index (Phi) is 3.98. The fourth-order valence-corrected chi connectivity index (χ4v) is 1.75. The SMILES string of the molecule is Cc1ccc(OCc2cccc(F)c2F)c(C(=O)O)c1. The van der Waals surface area contributed by atoms with E-state index in [2.05, 4.69) is 0 Å². The highest BCUT2D eigenvalue weighted by atomic mass is 19.2. The van der Waals surface area contributed by atoms with Crippen LogP contribution in [0.4, 0.5) is 8.78 Å². The van der Waals surface area contributed by atoms with Crippen molar-refractivity contribution < 1.29 is 23.4 Å². The highest BCUT2D eigenvalue weighted by molar-refractivity contribution is 5.91. The molecule has 0 spiro atoms. The molecular weight excluding hydrogens is 266 g/mol. The van der Waals surface area contributed by atoms with E-state index in [0.717, 1.165) is 11.6 Å². The summed E-state index contributed by atoms with van der Waals surface area (Å²) in [5.41, 5.74) is 0.787. The maximum Gasteiger partial charge on any atom is 0.339 e. The summed E-state index contributed by atoms with van der Waals surface area (Å²) in [6.07, 6.45) is 0. The van der Waals surface area contributed by atoms with Crippen LogP contribution < -0.4 is 4.74 Å². The summed E-state index contributed by atoms with van der Waals surface area (Å²) in [6, 6.07) is 8.39. The molecule has 5 heteroatoms. The minimum Gasteiger partial charge on any atom is -0.488 e. The Morgan fingerprint density at radius 2 is 2.00 bits per heavy atom. The predicted octanol–water partition coefficient (Wildman–Crippen LogP) is 3.55. The van der Waals surface area contributed by atoms with E-state index in [9.17, 15) is 13.6 Å². The summed E-state index contributed by atoms with van der Waals surface area (Å²) >= 11 is 0. The van der Waals surface area contributed by atoms with E-state index in [-0.39, 0.29) is 23.5 Å². The van der Waals surface area contributed by atoms with Crippen molar-refractivity contribution in [3.05, 3.63) is 64.7 Å². The van der Waals surface area contributed by atoms with Crippen molar-refractivity contribution in [1.82, 2.24) is 0 Å². The van der Waals surface area contributed by atoms with E-state index in [4.69, 9.17) is 9.84 Å². The third-order valence-corrected chi connectivity index (χ3v) is 2.78. The smallest absolute Gasteiger partial charge is 0.339 e. The van der Waals surface area contributed by atoms with Gasteiger partial charge in [0.15, 0.2) is 11.6 Å². The van der Waals surface area contributed by atoms with Crippen molar-refractivity contribution in [2.75, 3.05) is 0 Å². The summed E-state index contributed by atoms with van der Waals surface area (Å²) in [5, 5.41) is 9.07. The number of aromatic carboxylic acids is 1. The monoisotopic (exact) mass is 278 g/mol. The maximum absolute atomic E-state index is 13.5. The van der Waals surface area contributed by atoms with Gasteiger partial charge in [0, 0.05) is 5.56 Å². The van der Waals surface area contributed by atoms with Crippen LogP contribution in [0.5, 0.6) is 5.75 Å². The fourth-order valence-electron chi connectivity index (χ4n) is 1.75. The van der Waals surface area contributed by atoms with Gasteiger partial charge in [-0.25, -0.2) is 13.6 Å². The van der Waals surface area contributed by atoms with Gasteiger partial charge in [0.25, 0.3) is 0 Å².